The monoisotopic (exact) mass is 366 g/mol. The average Bonchev–Trinajstić information content (AvgIpc) is 3.11. The third kappa shape index (κ3) is 3.47. The lowest BCUT2D eigenvalue weighted by molar-refractivity contribution is 0.0939. The van der Waals surface area contributed by atoms with Crippen LogP contribution in [0.2, 0.25) is 0 Å². The molecule has 1 aliphatic rings. The molecular weight excluding hydrogens is 344 g/mol. The Bertz CT molecular complexity index is 993. The molecule has 27 heavy (non-hydrogen) atoms. The van der Waals surface area contributed by atoms with Gasteiger partial charge in [0.05, 0.1) is 6.04 Å². The summed E-state index contributed by atoms with van der Waals surface area (Å²) >= 11 is 0. The lowest BCUT2D eigenvalue weighted by Gasteiger charge is -2.21. The Kier molecular flexibility index (Phi) is 4.48. The van der Waals surface area contributed by atoms with Crippen LogP contribution in [-0.2, 0) is 0 Å². The summed E-state index contributed by atoms with van der Waals surface area (Å²) in [5.41, 5.74) is 2.88. The van der Waals surface area contributed by atoms with Gasteiger partial charge >= 0.3 is 0 Å². The number of aromatic nitrogens is 1. The second kappa shape index (κ2) is 6.95. The lowest BCUT2D eigenvalue weighted by atomic mass is 10.1. The molecule has 6 nitrogen and oxygen atoms in total. The van der Waals surface area contributed by atoms with E-state index in [4.69, 9.17) is 13.9 Å². The van der Waals surface area contributed by atoms with Crippen molar-refractivity contribution in [1.29, 1.82) is 0 Å². The second-order valence-corrected chi connectivity index (χ2v) is 6.99. The van der Waals surface area contributed by atoms with Crippen LogP contribution >= 0.6 is 0 Å². The molecule has 2 heterocycles. The number of ether oxygens (including phenoxy) is 2. The number of rotatable bonds is 4. The first-order valence-corrected chi connectivity index (χ1v) is 9.12. The van der Waals surface area contributed by atoms with Crippen LogP contribution < -0.4 is 14.8 Å². The van der Waals surface area contributed by atoms with Gasteiger partial charge in [-0.25, -0.2) is 4.98 Å². The summed E-state index contributed by atoms with van der Waals surface area (Å²) in [4.78, 5) is 17.1. The first-order valence-electron chi connectivity index (χ1n) is 9.12. The van der Waals surface area contributed by atoms with Gasteiger partial charge in [0.1, 0.15) is 18.7 Å². The van der Waals surface area contributed by atoms with Crippen molar-refractivity contribution in [3.05, 3.63) is 53.4 Å². The number of nitrogens with one attached hydrogen (secondary N) is 1. The fraction of sp³-hybridized carbons (Fsp3) is 0.333. The highest BCUT2D eigenvalue weighted by Crippen LogP contribution is 2.32. The summed E-state index contributed by atoms with van der Waals surface area (Å²) in [5, 5.41) is 3.02. The SMILES string of the molecule is CC(C)c1nc2ccc(C(=O)N[C@H](C)c3ccc4c(c3)OCCO4)cc2o1. The van der Waals surface area contributed by atoms with Crippen molar-refractivity contribution < 1.29 is 18.7 Å². The number of carbonyl (C=O) groups excluding carboxylic acids is 1. The van der Waals surface area contributed by atoms with Gasteiger partial charge < -0.3 is 19.2 Å². The summed E-state index contributed by atoms with van der Waals surface area (Å²) in [6, 6.07) is 10.9. The minimum Gasteiger partial charge on any atom is -0.486 e. The molecule has 3 aromatic rings. The van der Waals surface area contributed by atoms with E-state index < -0.39 is 0 Å². The third-order valence-corrected chi connectivity index (χ3v) is 4.57. The van der Waals surface area contributed by atoms with Crippen LogP contribution in [-0.4, -0.2) is 24.1 Å². The van der Waals surface area contributed by atoms with Crippen molar-refractivity contribution in [3.63, 3.8) is 0 Å². The largest absolute Gasteiger partial charge is 0.486 e. The van der Waals surface area contributed by atoms with Crippen LogP contribution in [0, 0.1) is 0 Å². The van der Waals surface area contributed by atoms with E-state index in [2.05, 4.69) is 10.3 Å². The van der Waals surface area contributed by atoms with Crippen LogP contribution in [0.3, 0.4) is 0 Å². The predicted molar refractivity (Wildman–Crippen MR) is 101 cm³/mol. The smallest absolute Gasteiger partial charge is 0.251 e. The molecule has 0 aliphatic carbocycles. The second-order valence-electron chi connectivity index (χ2n) is 6.99. The van der Waals surface area contributed by atoms with Gasteiger partial charge in [0.25, 0.3) is 5.91 Å². The molecule has 0 bridgehead atoms. The van der Waals surface area contributed by atoms with Gasteiger partial charge in [-0.2, -0.15) is 0 Å². The number of oxazole rings is 1. The molecule has 0 saturated heterocycles. The molecule has 1 amide bonds. The average molecular weight is 366 g/mol. The minimum absolute atomic E-state index is 0.165. The fourth-order valence-corrected chi connectivity index (χ4v) is 3.02. The number of nitrogens with zero attached hydrogens (tertiary/aromatic N) is 1. The van der Waals surface area contributed by atoms with Crippen molar-refractivity contribution in [2.45, 2.75) is 32.7 Å². The Hall–Kier alpha value is -3.02. The molecule has 0 unspecified atom stereocenters. The Morgan fingerprint density at radius 1 is 1.04 bits per heavy atom. The van der Waals surface area contributed by atoms with E-state index in [0.29, 0.717) is 36.0 Å². The van der Waals surface area contributed by atoms with E-state index in [0.717, 1.165) is 16.8 Å². The maximum Gasteiger partial charge on any atom is 0.251 e. The molecule has 0 fully saturated rings. The van der Waals surface area contributed by atoms with E-state index in [1.807, 2.05) is 45.0 Å². The van der Waals surface area contributed by atoms with Crippen molar-refractivity contribution in [2.75, 3.05) is 13.2 Å². The Morgan fingerprint density at radius 3 is 2.59 bits per heavy atom. The maximum atomic E-state index is 12.7. The minimum atomic E-state index is -0.176. The normalized spacial score (nSPS) is 14.4. The molecule has 1 aromatic heterocycles. The molecule has 2 aromatic carbocycles. The Balaban J connectivity index is 1.52. The number of hydrogen-bond donors (Lipinski definition) is 1. The van der Waals surface area contributed by atoms with Crippen LogP contribution in [0.5, 0.6) is 11.5 Å². The van der Waals surface area contributed by atoms with Crippen molar-refractivity contribution >= 4 is 17.0 Å². The Labute approximate surface area is 157 Å². The van der Waals surface area contributed by atoms with E-state index in [-0.39, 0.29) is 17.9 Å². The summed E-state index contributed by atoms with van der Waals surface area (Å²) in [6.07, 6.45) is 0. The van der Waals surface area contributed by atoms with Crippen molar-refractivity contribution in [3.8, 4) is 11.5 Å². The van der Waals surface area contributed by atoms with Crippen LogP contribution in [0.15, 0.2) is 40.8 Å². The number of benzene rings is 2. The van der Waals surface area contributed by atoms with Gasteiger partial charge in [0.2, 0.25) is 0 Å². The molecule has 1 N–H and O–H groups in total. The van der Waals surface area contributed by atoms with E-state index in [9.17, 15) is 4.79 Å². The van der Waals surface area contributed by atoms with Gasteiger partial charge in [-0.05, 0) is 42.8 Å². The molecule has 0 spiro atoms. The van der Waals surface area contributed by atoms with Crippen LogP contribution in [0.1, 0.15) is 54.5 Å². The quantitative estimate of drug-likeness (QED) is 0.749. The molecular formula is C21H22N2O4. The first-order chi connectivity index (χ1) is 13.0. The van der Waals surface area contributed by atoms with Gasteiger partial charge in [0, 0.05) is 11.5 Å². The molecule has 4 rings (SSSR count). The highest BCUT2D eigenvalue weighted by Gasteiger charge is 2.17. The zero-order chi connectivity index (χ0) is 19.0. The van der Waals surface area contributed by atoms with Crippen LogP contribution in [0.4, 0.5) is 0 Å². The Morgan fingerprint density at radius 2 is 1.81 bits per heavy atom. The zero-order valence-electron chi connectivity index (χ0n) is 15.6. The summed E-state index contributed by atoms with van der Waals surface area (Å²) in [7, 11) is 0. The van der Waals surface area contributed by atoms with Gasteiger partial charge in [-0.3, -0.25) is 4.79 Å². The van der Waals surface area contributed by atoms with Crippen LogP contribution in [0.25, 0.3) is 11.1 Å². The fourth-order valence-electron chi connectivity index (χ4n) is 3.02. The summed E-state index contributed by atoms with van der Waals surface area (Å²) in [6.45, 7) is 7.07. The van der Waals surface area contributed by atoms with Gasteiger partial charge in [-0.1, -0.05) is 19.9 Å². The molecule has 1 aliphatic heterocycles. The van der Waals surface area contributed by atoms with E-state index in [1.165, 1.54) is 0 Å². The lowest BCUT2D eigenvalue weighted by Crippen LogP contribution is -2.26. The number of hydrogen-bond acceptors (Lipinski definition) is 5. The number of fused-ring (bicyclic) bond motifs is 2. The van der Waals surface area contributed by atoms with Gasteiger partial charge in [0.15, 0.2) is 23.0 Å². The van der Waals surface area contributed by atoms with Crippen molar-refractivity contribution in [1.82, 2.24) is 10.3 Å². The topological polar surface area (TPSA) is 73.6 Å². The predicted octanol–water partition coefficient (Wildman–Crippen LogP) is 4.21. The number of carbonyl (C=O) groups is 1. The molecule has 1 atom stereocenters. The zero-order valence-corrected chi connectivity index (χ0v) is 15.6. The number of amides is 1. The van der Waals surface area contributed by atoms with Crippen molar-refractivity contribution in [2.24, 2.45) is 0 Å². The maximum absolute atomic E-state index is 12.7. The first kappa shape index (κ1) is 17.4. The third-order valence-electron chi connectivity index (χ3n) is 4.57. The van der Waals surface area contributed by atoms with Gasteiger partial charge in [-0.15, -0.1) is 0 Å². The van der Waals surface area contributed by atoms with E-state index >= 15 is 0 Å². The summed E-state index contributed by atoms with van der Waals surface area (Å²) in [5.74, 6) is 2.16. The standard InChI is InChI=1S/C21H22N2O4/c1-12(2)21-23-16-6-4-15(11-18(16)27-21)20(24)22-13(3)14-5-7-17-19(10-14)26-9-8-25-17/h4-7,10-13H,8-9H2,1-3H3,(H,22,24)/t13-/m1/s1. The van der Waals surface area contributed by atoms with E-state index in [1.54, 1.807) is 12.1 Å². The highest BCUT2D eigenvalue weighted by molar-refractivity contribution is 5.97. The molecule has 140 valence electrons. The summed E-state index contributed by atoms with van der Waals surface area (Å²) < 4.78 is 16.9. The molecule has 0 radical (unpaired) electrons. The molecule has 0 saturated carbocycles. The molecule has 6 heteroatoms. The highest BCUT2D eigenvalue weighted by atomic mass is 16.6.